The molecule has 0 aliphatic carbocycles. The first-order valence-corrected chi connectivity index (χ1v) is 10.8. The molecule has 0 aliphatic rings. The molecular formula is C26H25N3O5. The number of aromatic nitrogens is 1. The first kappa shape index (κ1) is 22.8. The summed E-state index contributed by atoms with van der Waals surface area (Å²) >= 11 is 0. The molecular weight excluding hydrogens is 434 g/mol. The number of carbonyl (C=O) groups is 1. The third-order valence-electron chi connectivity index (χ3n) is 5.69. The summed E-state index contributed by atoms with van der Waals surface area (Å²) in [5, 5.41) is 15.2. The minimum Gasteiger partial charge on any atom is -0.497 e. The average Bonchev–Trinajstić information content (AvgIpc) is 3.27. The van der Waals surface area contributed by atoms with Gasteiger partial charge in [0.15, 0.2) is 12.4 Å². The quantitative estimate of drug-likeness (QED) is 0.278. The number of nitrogens with one attached hydrogen (secondary N) is 2. The smallest absolute Gasteiger partial charge is 0.310 e. The highest BCUT2D eigenvalue weighted by atomic mass is 16.6. The summed E-state index contributed by atoms with van der Waals surface area (Å²) in [6, 6.07) is 20.3. The second-order valence-electron chi connectivity index (χ2n) is 7.94. The number of fused-ring (bicyclic) bond motifs is 1. The fourth-order valence-electron chi connectivity index (χ4n) is 3.92. The number of rotatable bonds is 9. The number of amides is 1. The average molecular weight is 460 g/mol. The number of nitro groups is 1. The predicted molar refractivity (Wildman–Crippen MR) is 129 cm³/mol. The lowest BCUT2D eigenvalue weighted by Gasteiger charge is -2.19. The summed E-state index contributed by atoms with van der Waals surface area (Å²) in [7, 11) is 1.62. The van der Waals surface area contributed by atoms with Gasteiger partial charge in [-0.2, -0.15) is 0 Å². The van der Waals surface area contributed by atoms with Crippen LogP contribution in [-0.4, -0.2) is 36.1 Å². The number of nitrogens with zero attached hydrogens (tertiary/aromatic N) is 1. The Morgan fingerprint density at radius 2 is 1.88 bits per heavy atom. The number of hydrogen-bond donors (Lipinski definition) is 2. The number of nitro benzene ring substituents is 1. The van der Waals surface area contributed by atoms with Crippen LogP contribution in [0.15, 0.2) is 72.9 Å². The van der Waals surface area contributed by atoms with E-state index in [1.165, 1.54) is 6.07 Å². The molecule has 0 bridgehead atoms. The molecule has 34 heavy (non-hydrogen) atoms. The number of benzene rings is 3. The number of hydrogen-bond acceptors (Lipinski definition) is 5. The van der Waals surface area contributed by atoms with Gasteiger partial charge in [-0.1, -0.05) is 36.4 Å². The lowest BCUT2D eigenvalue weighted by molar-refractivity contribution is -0.385. The number of ether oxygens (including phenoxy) is 2. The lowest BCUT2D eigenvalue weighted by Crippen LogP contribution is -2.32. The van der Waals surface area contributed by atoms with Crippen LogP contribution in [0.5, 0.6) is 11.5 Å². The second-order valence-corrected chi connectivity index (χ2v) is 7.94. The highest BCUT2D eigenvalue weighted by Gasteiger charge is 2.20. The molecule has 4 rings (SSSR count). The molecule has 8 heteroatoms. The van der Waals surface area contributed by atoms with E-state index in [0.717, 1.165) is 33.3 Å². The van der Waals surface area contributed by atoms with Crippen molar-refractivity contribution >= 4 is 22.5 Å². The van der Waals surface area contributed by atoms with E-state index in [1.54, 1.807) is 26.2 Å². The molecule has 2 N–H and O–H groups in total. The largest absolute Gasteiger partial charge is 0.497 e. The van der Waals surface area contributed by atoms with Gasteiger partial charge in [-0.25, -0.2) is 0 Å². The topological polar surface area (TPSA) is 106 Å². The van der Waals surface area contributed by atoms with Gasteiger partial charge in [-0.15, -0.1) is 0 Å². The molecule has 1 atom stereocenters. The Labute approximate surface area is 196 Å². The number of para-hydroxylation sites is 1. The van der Waals surface area contributed by atoms with Crippen molar-refractivity contribution in [3.05, 3.63) is 99.7 Å². The van der Waals surface area contributed by atoms with Gasteiger partial charge >= 0.3 is 5.69 Å². The van der Waals surface area contributed by atoms with Crippen molar-refractivity contribution in [1.82, 2.24) is 10.3 Å². The van der Waals surface area contributed by atoms with E-state index in [9.17, 15) is 14.9 Å². The summed E-state index contributed by atoms with van der Waals surface area (Å²) in [5.41, 5.74) is 3.71. The van der Waals surface area contributed by atoms with Crippen molar-refractivity contribution in [3.63, 3.8) is 0 Å². The van der Waals surface area contributed by atoms with Crippen LogP contribution in [0.2, 0.25) is 0 Å². The van der Waals surface area contributed by atoms with Gasteiger partial charge < -0.3 is 19.8 Å². The molecule has 1 amide bonds. The molecule has 0 saturated carbocycles. The normalized spacial score (nSPS) is 11.7. The summed E-state index contributed by atoms with van der Waals surface area (Å²) in [6.45, 7) is 1.80. The van der Waals surface area contributed by atoms with E-state index >= 15 is 0 Å². The lowest BCUT2D eigenvalue weighted by atomic mass is 9.91. The Balaban J connectivity index is 1.51. The molecule has 1 unspecified atom stereocenters. The zero-order valence-corrected chi connectivity index (χ0v) is 18.9. The molecule has 0 aliphatic heterocycles. The van der Waals surface area contributed by atoms with E-state index in [-0.39, 0.29) is 29.9 Å². The van der Waals surface area contributed by atoms with Crippen molar-refractivity contribution in [2.45, 2.75) is 12.8 Å². The summed E-state index contributed by atoms with van der Waals surface area (Å²) in [5.74, 6) is 0.329. The standard InChI is InChI=1S/C26H25N3O5/c1-17-7-12-24(29(31)32)25(13-17)34-16-26(30)28-14-21(18-8-10-19(33-2)11-9-18)22-15-27-23-6-4-3-5-20(22)23/h3-13,15,21,27H,14,16H2,1-2H3,(H,28,30). The molecule has 0 spiro atoms. The van der Waals surface area contributed by atoms with E-state index in [0.29, 0.717) is 6.54 Å². The van der Waals surface area contributed by atoms with Crippen LogP contribution in [0.4, 0.5) is 5.69 Å². The number of carbonyl (C=O) groups excluding carboxylic acids is 1. The number of H-pyrrole nitrogens is 1. The van der Waals surface area contributed by atoms with Crippen molar-refractivity contribution in [3.8, 4) is 11.5 Å². The SMILES string of the molecule is COc1ccc(C(CNC(=O)COc2cc(C)ccc2[N+](=O)[O-])c2c[nH]c3ccccc23)cc1. The van der Waals surface area contributed by atoms with Crippen molar-refractivity contribution in [2.24, 2.45) is 0 Å². The van der Waals surface area contributed by atoms with Gasteiger partial charge in [0, 0.05) is 35.6 Å². The van der Waals surface area contributed by atoms with Crippen LogP contribution < -0.4 is 14.8 Å². The number of aryl methyl sites for hydroxylation is 1. The summed E-state index contributed by atoms with van der Waals surface area (Å²) in [6.07, 6.45) is 1.96. The Hall–Kier alpha value is -4.33. The molecule has 1 aromatic heterocycles. The number of methoxy groups -OCH3 is 1. The highest BCUT2D eigenvalue weighted by molar-refractivity contribution is 5.84. The maximum absolute atomic E-state index is 12.6. The molecule has 4 aromatic rings. The molecule has 0 fully saturated rings. The third kappa shape index (κ3) is 5.01. The Morgan fingerprint density at radius 1 is 1.12 bits per heavy atom. The van der Waals surface area contributed by atoms with E-state index in [1.807, 2.05) is 54.7 Å². The molecule has 0 radical (unpaired) electrons. The van der Waals surface area contributed by atoms with Crippen molar-refractivity contribution < 1.29 is 19.2 Å². The fourth-order valence-corrected chi connectivity index (χ4v) is 3.92. The van der Waals surface area contributed by atoms with Gasteiger partial charge in [0.2, 0.25) is 0 Å². The Morgan fingerprint density at radius 3 is 2.62 bits per heavy atom. The van der Waals surface area contributed by atoms with Crippen LogP contribution in [-0.2, 0) is 4.79 Å². The second kappa shape index (κ2) is 10.1. The molecule has 0 saturated heterocycles. The van der Waals surface area contributed by atoms with Gasteiger partial charge in [-0.3, -0.25) is 14.9 Å². The molecule has 3 aromatic carbocycles. The van der Waals surface area contributed by atoms with Crippen LogP contribution in [0.1, 0.15) is 22.6 Å². The molecule has 174 valence electrons. The van der Waals surface area contributed by atoms with Gasteiger partial charge in [0.05, 0.1) is 12.0 Å². The zero-order valence-electron chi connectivity index (χ0n) is 18.9. The van der Waals surface area contributed by atoms with Crippen molar-refractivity contribution in [2.75, 3.05) is 20.3 Å². The Kier molecular flexibility index (Phi) is 6.77. The monoisotopic (exact) mass is 459 g/mol. The predicted octanol–water partition coefficient (Wildman–Crippen LogP) is 4.72. The third-order valence-corrected chi connectivity index (χ3v) is 5.69. The van der Waals surface area contributed by atoms with E-state index in [2.05, 4.69) is 10.3 Å². The van der Waals surface area contributed by atoms with Crippen molar-refractivity contribution in [1.29, 1.82) is 0 Å². The van der Waals surface area contributed by atoms with E-state index < -0.39 is 4.92 Å². The first-order valence-electron chi connectivity index (χ1n) is 10.8. The van der Waals surface area contributed by atoms with Crippen LogP contribution in [0.25, 0.3) is 10.9 Å². The first-order chi connectivity index (χ1) is 16.5. The van der Waals surface area contributed by atoms with Crippen LogP contribution >= 0.6 is 0 Å². The van der Waals surface area contributed by atoms with Gasteiger partial charge in [-0.05, 0) is 47.9 Å². The maximum Gasteiger partial charge on any atom is 0.310 e. The van der Waals surface area contributed by atoms with Crippen LogP contribution in [0, 0.1) is 17.0 Å². The molecule has 1 heterocycles. The van der Waals surface area contributed by atoms with Gasteiger partial charge in [0.1, 0.15) is 5.75 Å². The minimum absolute atomic E-state index is 0.0727. The maximum atomic E-state index is 12.6. The number of aromatic amines is 1. The van der Waals surface area contributed by atoms with Gasteiger partial charge in [0.25, 0.3) is 5.91 Å². The minimum atomic E-state index is -0.524. The molecule has 8 nitrogen and oxygen atoms in total. The summed E-state index contributed by atoms with van der Waals surface area (Å²) < 4.78 is 10.8. The summed E-state index contributed by atoms with van der Waals surface area (Å²) in [4.78, 5) is 26.6. The fraction of sp³-hybridized carbons (Fsp3) is 0.192. The van der Waals surface area contributed by atoms with E-state index in [4.69, 9.17) is 9.47 Å². The zero-order chi connectivity index (χ0) is 24.1. The van der Waals surface area contributed by atoms with Crippen LogP contribution in [0.3, 0.4) is 0 Å². The highest BCUT2D eigenvalue weighted by Crippen LogP contribution is 2.31. The Bertz CT molecular complexity index is 1310.